The van der Waals surface area contributed by atoms with Crippen molar-refractivity contribution in [3.8, 4) is 5.75 Å². The molecule has 0 unspecified atom stereocenters. The summed E-state index contributed by atoms with van der Waals surface area (Å²) in [6.07, 6.45) is -0.910. The van der Waals surface area contributed by atoms with Gasteiger partial charge in [0, 0.05) is 26.2 Å². The van der Waals surface area contributed by atoms with Gasteiger partial charge < -0.3 is 14.8 Å². The maximum absolute atomic E-state index is 12.8. The van der Waals surface area contributed by atoms with Crippen LogP contribution >= 0.6 is 0 Å². The fourth-order valence-corrected chi connectivity index (χ4v) is 4.97. The number of carbonyl (C=O) groups is 1. The summed E-state index contributed by atoms with van der Waals surface area (Å²) in [6, 6.07) is 15.0. The number of benzene rings is 2. The topological polar surface area (TPSA) is 88.2 Å². The van der Waals surface area contributed by atoms with E-state index in [4.69, 9.17) is 9.47 Å². The number of rotatable bonds is 7. The van der Waals surface area contributed by atoms with Gasteiger partial charge in [-0.05, 0) is 30.2 Å². The molecule has 0 aliphatic carbocycles. The van der Waals surface area contributed by atoms with Gasteiger partial charge in [0.25, 0.3) is 5.91 Å². The Kier molecular flexibility index (Phi) is 6.98. The van der Waals surface area contributed by atoms with Crippen molar-refractivity contribution < 1.29 is 22.7 Å². The molecule has 1 N–H and O–H groups in total. The number of fused-ring (bicyclic) bond motifs is 1. The van der Waals surface area contributed by atoms with Gasteiger partial charge in [-0.1, -0.05) is 36.4 Å². The number of hydrogen-bond acceptors (Lipinski definition) is 6. The summed E-state index contributed by atoms with van der Waals surface area (Å²) in [4.78, 5) is 15.2. The van der Waals surface area contributed by atoms with Crippen molar-refractivity contribution in [3.63, 3.8) is 0 Å². The molecule has 2 heterocycles. The molecule has 2 aliphatic heterocycles. The lowest BCUT2D eigenvalue weighted by Crippen LogP contribution is -2.50. The molecular formula is C23H29N3O5S. The molecule has 0 spiro atoms. The van der Waals surface area contributed by atoms with E-state index in [9.17, 15) is 13.2 Å². The van der Waals surface area contributed by atoms with E-state index >= 15 is 0 Å². The number of anilines is 1. The Morgan fingerprint density at radius 3 is 2.47 bits per heavy atom. The first-order chi connectivity index (χ1) is 15.5. The fraction of sp³-hybridized carbons (Fsp3) is 0.435. The number of hydrogen-bond donors (Lipinski definition) is 1. The van der Waals surface area contributed by atoms with Gasteiger partial charge in [0.05, 0.1) is 31.2 Å². The Morgan fingerprint density at radius 2 is 1.75 bits per heavy atom. The highest BCUT2D eigenvalue weighted by Crippen LogP contribution is 2.35. The molecule has 32 heavy (non-hydrogen) atoms. The molecule has 0 radical (unpaired) electrons. The molecule has 0 saturated carbocycles. The van der Waals surface area contributed by atoms with Crippen molar-refractivity contribution in [2.24, 2.45) is 0 Å². The quantitative estimate of drug-likeness (QED) is 0.679. The highest BCUT2D eigenvalue weighted by molar-refractivity contribution is 7.92. The van der Waals surface area contributed by atoms with Crippen molar-refractivity contribution in [1.82, 2.24) is 10.2 Å². The summed E-state index contributed by atoms with van der Waals surface area (Å²) in [6.45, 7) is 6.19. The van der Waals surface area contributed by atoms with E-state index in [2.05, 4.69) is 22.3 Å². The number of nitrogens with one attached hydrogen (secondary N) is 1. The van der Waals surface area contributed by atoms with Crippen LogP contribution in [0.1, 0.15) is 18.1 Å². The van der Waals surface area contributed by atoms with Crippen LogP contribution < -0.4 is 14.4 Å². The highest BCUT2D eigenvalue weighted by atomic mass is 32.2. The number of morpholine rings is 1. The standard InChI is InChI=1S/C23H29N3O5S/c1-2-32(28,29)26-17-22(31-21-6-4-3-5-20(21)26)23(27)24-15-18-7-9-19(10-8-18)16-25-11-13-30-14-12-25/h3-10,22H,2,11-17H2,1H3,(H,24,27)/t22-/m0/s1. The summed E-state index contributed by atoms with van der Waals surface area (Å²) in [5, 5.41) is 2.88. The van der Waals surface area contributed by atoms with Gasteiger partial charge in [-0.15, -0.1) is 0 Å². The summed E-state index contributed by atoms with van der Waals surface area (Å²) < 4.78 is 37.6. The molecule has 2 aromatic rings. The molecular weight excluding hydrogens is 430 g/mol. The molecule has 8 nitrogen and oxygen atoms in total. The van der Waals surface area contributed by atoms with Crippen molar-refractivity contribution in [2.75, 3.05) is 42.9 Å². The monoisotopic (exact) mass is 459 g/mol. The third-order valence-corrected chi connectivity index (χ3v) is 7.47. The summed E-state index contributed by atoms with van der Waals surface area (Å²) in [5.41, 5.74) is 2.65. The molecule has 1 atom stereocenters. The van der Waals surface area contributed by atoms with Crippen LogP contribution in [-0.4, -0.2) is 63.9 Å². The molecule has 0 bridgehead atoms. The molecule has 2 aliphatic rings. The molecule has 1 saturated heterocycles. The van der Waals surface area contributed by atoms with E-state index in [1.54, 1.807) is 31.2 Å². The highest BCUT2D eigenvalue weighted by Gasteiger charge is 2.35. The maximum Gasteiger partial charge on any atom is 0.263 e. The Balaban J connectivity index is 1.36. The molecule has 172 valence electrons. The van der Waals surface area contributed by atoms with Crippen LogP contribution in [0.3, 0.4) is 0 Å². The minimum absolute atomic E-state index is 0.0441. The minimum atomic E-state index is -3.52. The number of amides is 1. The average Bonchev–Trinajstić information content (AvgIpc) is 2.83. The van der Waals surface area contributed by atoms with Crippen LogP contribution in [0.15, 0.2) is 48.5 Å². The summed E-state index contributed by atoms with van der Waals surface area (Å²) in [5.74, 6) is 0.00327. The number of sulfonamides is 1. The summed E-state index contributed by atoms with van der Waals surface area (Å²) >= 11 is 0. The van der Waals surface area contributed by atoms with Crippen molar-refractivity contribution in [3.05, 3.63) is 59.7 Å². The van der Waals surface area contributed by atoms with Crippen molar-refractivity contribution in [2.45, 2.75) is 26.1 Å². The van der Waals surface area contributed by atoms with Crippen LogP contribution in [0.2, 0.25) is 0 Å². The average molecular weight is 460 g/mol. The molecule has 1 fully saturated rings. The molecule has 1 amide bonds. The number of ether oxygens (including phenoxy) is 2. The van der Waals surface area contributed by atoms with E-state index in [0.29, 0.717) is 18.0 Å². The van der Waals surface area contributed by atoms with Gasteiger partial charge in [-0.25, -0.2) is 8.42 Å². The third kappa shape index (κ3) is 5.23. The second kappa shape index (κ2) is 9.89. The van der Waals surface area contributed by atoms with Crippen molar-refractivity contribution in [1.29, 1.82) is 0 Å². The Bertz CT molecular complexity index is 1040. The predicted molar refractivity (Wildman–Crippen MR) is 122 cm³/mol. The number of nitrogens with zero attached hydrogens (tertiary/aromatic N) is 2. The first-order valence-electron chi connectivity index (χ1n) is 10.9. The lowest BCUT2D eigenvalue weighted by Gasteiger charge is -2.34. The van der Waals surface area contributed by atoms with Gasteiger partial charge in [0.1, 0.15) is 5.75 Å². The second-order valence-electron chi connectivity index (χ2n) is 7.93. The smallest absolute Gasteiger partial charge is 0.263 e. The molecule has 0 aromatic heterocycles. The maximum atomic E-state index is 12.8. The largest absolute Gasteiger partial charge is 0.476 e. The first-order valence-corrected chi connectivity index (χ1v) is 12.5. The predicted octanol–water partition coefficient (Wildman–Crippen LogP) is 1.75. The Labute approximate surface area is 189 Å². The van der Waals surface area contributed by atoms with E-state index < -0.39 is 16.1 Å². The number of para-hydroxylation sites is 2. The Morgan fingerprint density at radius 1 is 1.06 bits per heavy atom. The third-order valence-electron chi connectivity index (χ3n) is 5.73. The van der Waals surface area contributed by atoms with Gasteiger partial charge in [0.15, 0.2) is 6.10 Å². The van der Waals surface area contributed by atoms with Gasteiger partial charge in [-0.2, -0.15) is 0 Å². The zero-order valence-corrected chi connectivity index (χ0v) is 19.0. The molecule has 4 rings (SSSR count). The summed E-state index contributed by atoms with van der Waals surface area (Å²) in [7, 11) is -3.52. The van der Waals surface area contributed by atoms with Crippen molar-refractivity contribution >= 4 is 21.6 Å². The fourth-order valence-electron chi connectivity index (χ4n) is 3.84. The van der Waals surface area contributed by atoms with E-state index in [1.807, 2.05) is 12.1 Å². The van der Waals surface area contributed by atoms with Crippen LogP contribution in [0.25, 0.3) is 0 Å². The SMILES string of the molecule is CCS(=O)(=O)N1C[C@@H](C(=O)NCc2ccc(CN3CCOCC3)cc2)Oc2ccccc21. The van der Waals surface area contributed by atoms with Gasteiger partial charge in [-0.3, -0.25) is 14.0 Å². The van der Waals surface area contributed by atoms with Crippen LogP contribution in [0, 0.1) is 0 Å². The molecule has 2 aromatic carbocycles. The second-order valence-corrected chi connectivity index (χ2v) is 10.1. The van der Waals surface area contributed by atoms with Crippen LogP contribution in [0.4, 0.5) is 5.69 Å². The number of carbonyl (C=O) groups excluding carboxylic acids is 1. The Hall–Kier alpha value is -2.62. The van der Waals surface area contributed by atoms with E-state index in [-0.39, 0.29) is 18.2 Å². The van der Waals surface area contributed by atoms with Crippen LogP contribution in [0.5, 0.6) is 5.75 Å². The lowest BCUT2D eigenvalue weighted by atomic mass is 10.1. The van der Waals surface area contributed by atoms with E-state index in [1.165, 1.54) is 9.87 Å². The van der Waals surface area contributed by atoms with Gasteiger partial charge >= 0.3 is 0 Å². The minimum Gasteiger partial charge on any atom is -0.476 e. The zero-order valence-electron chi connectivity index (χ0n) is 18.2. The molecule has 9 heteroatoms. The van der Waals surface area contributed by atoms with Gasteiger partial charge in [0.2, 0.25) is 10.0 Å². The van der Waals surface area contributed by atoms with E-state index in [0.717, 1.165) is 38.4 Å². The van der Waals surface area contributed by atoms with Crippen LogP contribution in [-0.2, 0) is 32.6 Å². The zero-order chi connectivity index (χ0) is 22.6. The lowest BCUT2D eigenvalue weighted by molar-refractivity contribution is -0.127. The first kappa shape index (κ1) is 22.6. The normalized spacial score (nSPS) is 19.2.